The van der Waals surface area contributed by atoms with Crippen molar-refractivity contribution in [1.29, 1.82) is 0 Å². The zero-order valence-corrected chi connectivity index (χ0v) is 14.4. The molecule has 130 valence electrons. The van der Waals surface area contributed by atoms with E-state index in [0.29, 0.717) is 12.1 Å². The average molecular weight is 344 g/mol. The van der Waals surface area contributed by atoms with Gasteiger partial charge in [0.25, 0.3) is 5.91 Å². The molecule has 0 aliphatic rings. The topological polar surface area (TPSA) is 51.9 Å². The van der Waals surface area contributed by atoms with E-state index >= 15 is 0 Å². The summed E-state index contributed by atoms with van der Waals surface area (Å²) in [6, 6.07) is 19.6. The van der Waals surface area contributed by atoms with Gasteiger partial charge in [-0.05, 0) is 48.9 Å². The largest absolute Gasteiger partial charge is 0.352 e. The molecular weight excluding hydrogens is 324 g/mol. The van der Waals surface area contributed by atoms with E-state index in [1.165, 1.54) is 0 Å². The van der Waals surface area contributed by atoms with Gasteiger partial charge in [-0.25, -0.2) is 4.98 Å². The molecule has 0 fully saturated rings. The molecule has 0 saturated carbocycles. The third-order valence-electron chi connectivity index (χ3n) is 4.40. The fourth-order valence-electron chi connectivity index (χ4n) is 3.06. The van der Waals surface area contributed by atoms with Gasteiger partial charge in [0.1, 0.15) is 0 Å². The van der Waals surface area contributed by atoms with Crippen LogP contribution in [-0.2, 0) is 6.54 Å². The maximum Gasteiger partial charge on any atom is 0.251 e. The number of para-hydroxylation sites is 2. The lowest BCUT2D eigenvalue weighted by molar-refractivity contribution is 0.0952. The van der Waals surface area contributed by atoms with Crippen molar-refractivity contribution in [3.8, 4) is 5.69 Å². The number of aromatic nitrogens is 3. The number of rotatable bonds is 6. The SMILES string of the molecule is O=C(NCCCn1cnc2ccccc21)c1cccc(-n2cccc2)c1. The van der Waals surface area contributed by atoms with Crippen LogP contribution in [-0.4, -0.2) is 26.6 Å². The average Bonchev–Trinajstić information content (AvgIpc) is 3.35. The summed E-state index contributed by atoms with van der Waals surface area (Å²) in [6.07, 6.45) is 6.63. The minimum Gasteiger partial charge on any atom is -0.352 e. The number of imidazole rings is 1. The summed E-state index contributed by atoms with van der Waals surface area (Å²) in [5, 5.41) is 3.00. The van der Waals surface area contributed by atoms with Crippen molar-refractivity contribution in [2.45, 2.75) is 13.0 Å². The lowest BCUT2D eigenvalue weighted by Crippen LogP contribution is -2.25. The number of hydrogen-bond acceptors (Lipinski definition) is 2. The maximum atomic E-state index is 12.4. The summed E-state index contributed by atoms with van der Waals surface area (Å²) >= 11 is 0. The number of amides is 1. The molecular formula is C21H20N4O. The van der Waals surface area contributed by atoms with Crippen LogP contribution in [0.3, 0.4) is 0 Å². The van der Waals surface area contributed by atoms with Crippen LogP contribution in [0.4, 0.5) is 0 Å². The molecule has 1 N–H and O–H groups in total. The molecule has 0 spiro atoms. The Morgan fingerprint density at radius 2 is 1.85 bits per heavy atom. The summed E-state index contributed by atoms with van der Waals surface area (Å²) in [5.41, 5.74) is 3.77. The molecule has 1 amide bonds. The molecule has 0 unspecified atom stereocenters. The molecule has 0 bridgehead atoms. The quantitative estimate of drug-likeness (QED) is 0.543. The van der Waals surface area contributed by atoms with E-state index in [9.17, 15) is 4.79 Å². The summed E-state index contributed by atoms with van der Waals surface area (Å²) in [5.74, 6) is -0.0468. The minimum absolute atomic E-state index is 0.0468. The molecule has 4 aromatic rings. The molecule has 5 nitrogen and oxygen atoms in total. The number of carbonyl (C=O) groups is 1. The van der Waals surface area contributed by atoms with Crippen LogP contribution in [0.5, 0.6) is 0 Å². The highest BCUT2D eigenvalue weighted by Gasteiger charge is 2.07. The van der Waals surface area contributed by atoms with Crippen molar-refractivity contribution < 1.29 is 4.79 Å². The van der Waals surface area contributed by atoms with Crippen LogP contribution in [0, 0.1) is 0 Å². The first-order valence-electron chi connectivity index (χ1n) is 8.73. The molecule has 2 aromatic heterocycles. The van der Waals surface area contributed by atoms with E-state index < -0.39 is 0 Å². The fourth-order valence-corrected chi connectivity index (χ4v) is 3.06. The normalized spacial score (nSPS) is 10.9. The highest BCUT2D eigenvalue weighted by Crippen LogP contribution is 2.13. The molecule has 4 rings (SSSR count). The van der Waals surface area contributed by atoms with Crippen LogP contribution in [0.15, 0.2) is 79.4 Å². The molecule has 2 aromatic carbocycles. The number of nitrogens with one attached hydrogen (secondary N) is 1. The van der Waals surface area contributed by atoms with Gasteiger partial charge in [-0.1, -0.05) is 18.2 Å². The van der Waals surface area contributed by atoms with Crippen LogP contribution in [0.25, 0.3) is 16.7 Å². The zero-order chi connectivity index (χ0) is 17.8. The van der Waals surface area contributed by atoms with E-state index in [1.54, 1.807) is 0 Å². The molecule has 0 aliphatic carbocycles. The van der Waals surface area contributed by atoms with E-state index in [1.807, 2.05) is 77.9 Å². The first-order valence-corrected chi connectivity index (χ1v) is 8.73. The molecule has 0 saturated heterocycles. The van der Waals surface area contributed by atoms with Crippen LogP contribution in [0.1, 0.15) is 16.8 Å². The highest BCUT2D eigenvalue weighted by molar-refractivity contribution is 5.94. The first kappa shape index (κ1) is 16.1. The van der Waals surface area contributed by atoms with Crippen molar-refractivity contribution in [3.63, 3.8) is 0 Å². The van der Waals surface area contributed by atoms with E-state index in [2.05, 4.69) is 20.9 Å². The third kappa shape index (κ3) is 3.37. The number of benzene rings is 2. The van der Waals surface area contributed by atoms with Gasteiger partial charge >= 0.3 is 0 Å². The summed E-state index contributed by atoms with van der Waals surface area (Å²) in [7, 11) is 0. The Kier molecular flexibility index (Phi) is 4.51. The predicted octanol–water partition coefficient (Wildman–Crippen LogP) is 3.65. The van der Waals surface area contributed by atoms with E-state index in [4.69, 9.17) is 0 Å². The van der Waals surface area contributed by atoms with Crippen molar-refractivity contribution in [3.05, 3.63) is 84.9 Å². The molecule has 2 heterocycles. The molecule has 0 radical (unpaired) electrons. The van der Waals surface area contributed by atoms with Gasteiger partial charge in [0.05, 0.1) is 17.4 Å². The molecule has 5 heteroatoms. The van der Waals surface area contributed by atoms with Gasteiger partial charge in [0.15, 0.2) is 0 Å². The van der Waals surface area contributed by atoms with Gasteiger partial charge in [-0.3, -0.25) is 4.79 Å². The molecule has 0 aliphatic heterocycles. The molecule has 0 atom stereocenters. The number of carbonyl (C=O) groups excluding carboxylic acids is 1. The first-order chi connectivity index (χ1) is 12.8. The Labute approximate surface area is 151 Å². The lowest BCUT2D eigenvalue weighted by atomic mass is 10.2. The van der Waals surface area contributed by atoms with E-state index in [0.717, 1.165) is 29.7 Å². The standard InChI is InChI=1S/C21H20N4O/c26-21(17-7-5-8-18(15-17)24-12-3-4-13-24)22-11-6-14-25-16-23-19-9-1-2-10-20(19)25/h1-5,7-10,12-13,15-16H,6,11,14H2,(H,22,26). The lowest BCUT2D eigenvalue weighted by Gasteiger charge is -2.08. The predicted molar refractivity (Wildman–Crippen MR) is 102 cm³/mol. The number of fused-ring (bicyclic) bond motifs is 1. The maximum absolute atomic E-state index is 12.4. The number of nitrogens with zero attached hydrogens (tertiary/aromatic N) is 3. The van der Waals surface area contributed by atoms with Crippen LogP contribution in [0.2, 0.25) is 0 Å². The van der Waals surface area contributed by atoms with Gasteiger partial charge in [-0.15, -0.1) is 0 Å². The second kappa shape index (κ2) is 7.27. The number of aryl methyl sites for hydroxylation is 1. The fraction of sp³-hybridized carbons (Fsp3) is 0.143. The molecule has 26 heavy (non-hydrogen) atoms. The third-order valence-corrected chi connectivity index (χ3v) is 4.40. The Hall–Kier alpha value is -3.34. The second-order valence-electron chi connectivity index (χ2n) is 6.18. The summed E-state index contributed by atoms with van der Waals surface area (Å²) in [6.45, 7) is 1.45. The van der Waals surface area contributed by atoms with Gasteiger partial charge in [-0.2, -0.15) is 0 Å². The zero-order valence-electron chi connectivity index (χ0n) is 14.4. The van der Waals surface area contributed by atoms with Crippen LogP contribution >= 0.6 is 0 Å². The van der Waals surface area contributed by atoms with Crippen molar-refractivity contribution in [2.24, 2.45) is 0 Å². The highest BCUT2D eigenvalue weighted by atomic mass is 16.1. The van der Waals surface area contributed by atoms with Crippen molar-refractivity contribution >= 4 is 16.9 Å². The summed E-state index contributed by atoms with van der Waals surface area (Å²) in [4.78, 5) is 16.8. The van der Waals surface area contributed by atoms with E-state index in [-0.39, 0.29) is 5.91 Å². The second-order valence-corrected chi connectivity index (χ2v) is 6.18. The van der Waals surface area contributed by atoms with Gasteiger partial charge < -0.3 is 14.5 Å². The Balaban J connectivity index is 1.34. The Morgan fingerprint density at radius 3 is 2.73 bits per heavy atom. The van der Waals surface area contributed by atoms with Gasteiger partial charge in [0.2, 0.25) is 0 Å². The van der Waals surface area contributed by atoms with Crippen molar-refractivity contribution in [1.82, 2.24) is 19.4 Å². The Morgan fingerprint density at radius 1 is 1.00 bits per heavy atom. The van der Waals surface area contributed by atoms with Gasteiger partial charge in [0, 0.05) is 36.7 Å². The Bertz CT molecular complexity index is 1020. The minimum atomic E-state index is -0.0468. The summed E-state index contributed by atoms with van der Waals surface area (Å²) < 4.78 is 4.11. The monoisotopic (exact) mass is 344 g/mol. The number of hydrogen-bond donors (Lipinski definition) is 1. The van der Waals surface area contributed by atoms with Crippen LogP contribution < -0.4 is 5.32 Å². The smallest absolute Gasteiger partial charge is 0.251 e. The van der Waals surface area contributed by atoms with Crippen molar-refractivity contribution in [2.75, 3.05) is 6.54 Å².